The molecule has 130 valence electrons. The van der Waals surface area contributed by atoms with Crippen LogP contribution < -0.4 is 22.3 Å². The van der Waals surface area contributed by atoms with E-state index in [1.54, 1.807) is 31.2 Å². The Morgan fingerprint density at radius 3 is 2.12 bits per heavy atom. The lowest BCUT2D eigenvalue weighted by molar-refractivity contribution is 0.0636. The molecule has 0 spiro atoms. The molecule has 9 nitrogen and oxygen atoms in total. The number of nitrogens with two attached hydrogens (primary N) is 2. The van der Waals surface area contributed by atoms with Crippen LogP contribution in [0, 0.1) is 0 Å². The molecule has 1 unspecified atom stereocenters. The Balaban J connectivity index is 2.31. The van der Waals surface area contributed by atoms with Crippen LogP contribution in [0.4, 0.5) is 0 Å². The Labute approximate surface area is 154 Å². The molecular formula is C14H15N7O2S2. The fourth-order valence-corrected chi connectivity index (χ4v) is 2.30. The highest BCUT2D eigenvalue weighted by Gasteiger charge is 2.39. The molecule has 0 saturated heterocycles. The molecule has 1 aromatic carbocycles. The first-order valence-electron chi connectivity index (χ1n) is 7.01. The van der Waals surface area contributed by atoms with E-state index in [0.717, 1.165) is 4.90 Å². The molecule has 0 aliphatic carbocycles. The Morgan fingerprint density at radius 1 is 1.12 bits per heavy atom. The van der Waals surface area contributed by atoms with E-state index in [0.29, 0.717) is 11.1 Å². The summed E-state index contributed by atoms with van der Waals surface area (Å²) >= 11 is 9.35. The fourth-order valence-electron chi connectivity index (χ4n) is 2.20. The summed E-state index contributed by atoms with van der Waals surface area (Å²) in [5.41, 5.74) is 16.3. The zero-order chi connectivity index (χ0) is 18.6. The summed E-state index contributed by atoms with van der Waals surface area (Å²) in [5, 5.41) is 7.64. The summed E-state index contributed by atoms with van der Waals surface area (Å²) in [4.78, 5) is 26.2. The molecule has 1 aliphatic heterocycles. The lowest BCUT2D eigenvalue weighted by Gasteiger charge is -2.22. The molecule has 0 saturated carbocycles. The van der Waals surface area contributed by atoms with Crippen LogP contribution in [0.2, 0.25) is 0 Å². The minimum atomic E-state index is -0.744. The largest absolute Gasteiger partial charge is 0.375 e. The standard InChI is InChI=1S/C14H15N7O2S2/c1-7(10(18-20-14(16)25)6-17-19-13(15)24)21-11(22)8-4-2-3-5-9(8)12(21)23/h2-7H,1H3,(H3,15,19,24)(H3,16,20,25)/b17-6?,18-10+. The SMILES string of the molecule is CC(/C(C=NNC(N)=S)=N/NC(N)=S)N1C(=O)c2ccccc2C1=O. The highest BCUT2D eigenvalue weighted by Crippen LogP contribution is 2.24. The summed E-state index contributed by atoms with van der Waals surface area (Å²) < 4.78 is 0. The van der Waals surface area contributed by atoms with Crippen LogP contribution in [-0.4, -0.2) is 44.9 Å². The van der Waals surface area contributed by atoms with Crippen molar-refractivity contribution in [3.05, 3.63) is 35.4 Å². The van der Waals surface area contributed by atoms with Gasteiger partial charge in [-0.3, -0.25) is 25.3 Å². The lowest BCUT2D eigenvalue weighted by Crippen LogP contribution is -2.44. The van der Waals surface area contributed by atoms with Crippen molar-refractivity contribution >= 4 is 58.4 Å². The van der Waals surface area contributed by atoms with Crippen molar-refractivity contribution in [2.75, 3.05) is 0 Å². The van der Waals surface area contributed by atoms with Crippen molar-refractivity contribution in [2.24, 2.45) is 21.7 Å². The summed E-state index contributed by atoms with van der Waals surface area (Å²) in [6, 6.07) is 5.82. The first-order chi connectivity index (χ1) is 11.8. The van der Waals surface area contributed by atoms with E-state index >= 15 is 0 Å². The van der Waals surface area contributed by atoms with E-state index in [1.165, 1.54) is 6.21 Å². The first kappa shape index (κ1) is 18.4. The highest BCUT2D eigenvalue weighted by atomic mass is 32.1. The third kappa shape index (κ3) is 4.14. The second-order valence-electron chi connectivity index (χ2n) is 4.95. The number of rotatable bonds is 5. The van der Waals surface area contributed by atoms with Gasteiger partial charge >= 0.3 is 0 Å². The fraction of sp³-hybridized carbons (Fsp3) is 0.143. The Morgan fingerprint density at radius 2 is 1.64 bits per heavy atom. The van der Waals surface area contributed by atoms with Gasteiger partial charge in [0.2, 0.25) is 0 Å². The first-order valence-corrected chi connectivity index (χ1v) is 7.83. The number of hydrazone groups is 2. The molecule has 1 aliphatic rings. The molecule has 1 atom stereocenters. The van der Waals surface area contributed by atoms with Crippen molar-refractivity contribution in [1.29, 1.82) is 0 Å². The van der Waals surface area contributed by atoms with Crippen LogP contribution in [0.15, 0.2) is 34.5 Å². The van der Waals surface area contributed by atoms with Crippen LogP contribution in [0.5, 0.6) is 0 Å². The maximum atomic E-state index is 12.6. The molecular weight excluding hydrogens is 362 g/mol. The number of benzene rings is 1. The Hall–Kier alpha value is -2.92. The number of amides is 2. The predicted molar refractivity (Wildman–Crippen MR) is 102 cm³/mol. The Bertz CT molecular complexity index is 771. The molecule has 0 aromatic heterocycles. The zero-order valence-corrected chi connectivity index (χ0v) is 14.7. The topological polar surface area (TPSA) is 138 Å². The number of hydrogen-bond donors (Lipinski definition) is 4. The number of hydrogen-bond acceptors (Lipinski definition) is 6. The van der Waals surface area contributed by atoms with Gasteiger partial charge in [0.1, 0.15) is 5.71 Å². The van der Waals surface area contributed by atoms with E-state index in [9.17, 15) is 9.59 Å². The molecule has 25 heavy (non-hydrogen) atoms. The van der Waals surface area contributed by atoms with Gasteiger partial charge in [-0.05, 0) is 43.5 Å². The van der Waals surface area contributed by atoms with E-state index in [2.05, 4.69) is 33.3 Å². The van der Waals surface area contributed by atoms with Gasteiger partial charge in [0.25, 0.3) is 11.8 Å². The summed E-state index contributed by atoms with van der Waals surface area (Å²) in [6.45, 7) is 1.62. The average molecular weight is 377 g/mol. The number of imide groups is 1. The van der Waals surface area contributed by atoms with Crippen LogP contribution in [0.1, 0.15) is 27.6 Å². The van der Waals surface area contributed by atoms with Gasteiger partial charge in [0.05, 0.1) is 23.4 Å². The van der Waals surface area contributed by atoms with E-state index in [4.69, 9.17) is 23.7 Å². The molecule has 0 radical (unpaired) electrons. The number of thiocarbonyl (C=S) groups is 2. The smallest absolute Gasteiger partial charge is 0.262 e. The monoisotopic (exact) mass is 377 g/mol. The van der Waals surface area contributed by atoms with Crippen molar-refractivity contribution in [1.82, 2.24) is 15.8 Å². The van der Waals surface area contributed by atoms with Gasteiger partial charge in [-0.15, -0.1) is 0 Å². The second kappa shape index (κ2) is 7.77. The highest BCUT2D eigenvalue weighted by molar-refractivity contribution is 7.80. The number of carbonyl (C=O) groups is 2. The van der Waals surface area contributed by atoms with Crippen molar-refractivity contribution in [2.45, 2.75) is 13.0 Å². The normalized spacial score (nSPS) is 15.2. The zero-order valence-electron chi connectivity index (χ0n) is 13.1. The molecule has 6 N–H and O–H groups in total. The minimum absolute atomic E-state index is 0.0497. The average Bonchev–Trinajstić information content (AvgIpc) is 2.81. The molecule has 1 aromatic rings. The van der Waals surface area contributed by atoms with Gasteiger partial charge in [0.15, 0.2) is 10.2 Å². The van der Waals surface area contributed by atoms with Gasteiger partial charge in [-0.25, -0.2) is 0 Å². The molecule has 1 heterocycles. The second-order valence-corrected chi connectivity index (χ2v) is 5.83. The number of nitrogens with one attached hydrogen (secondary N) is 2. The van der Waals surface area contributed by atoms with E-state index in [1.807, 2.05) is 0 Å². The molecule has 11 heteroatoms. The third-order valence-electron chi connectivity index (χ3n) is 3.31. The number of carbonyl (C=O) groups excluding carboxylic acids is 2. The van der Waals surface area contributed by atoms with E-state index < -0.39 is 17.9 Å². The van der Waals surface area contributed by atoms with Crippen LogP contribution in [0.3, 0.4) is 0 Å². The summed E-state index contributed by atoms with van der Waals surface area (Å²) in [7, 11) is 0. The molecule has 2 rings (SSSR count). The predicted octanol–water partition coefficient (Wildman–Crippen LogP) is -0.321. The van der Waals surface area contributed by atoms with Gasteiger partial charge in [-0.1, -0.05) is 12.1 Å². The third-order valence-corrected chi connectivity index (χ3v) is 3.49. The van der Waals surface area contributed by atoms with Gasteiger partial charge in [-0.2, -0.15) is 10.2 Å². The minimum Gasteiger partial charge on any atom is -0.375 e. The molecule has 0 bridgehead atoms. The van der Waals surface area contributed by atoms with Crippen LogP contribution >= 0.6 is 24.4 Å². The molecule has 0 fully saturated rings. The van der Waals surface area contributed by atoms with Crippen molar-refractivity contribution < 1.29 is 9.59 Å². The lowest BCUT2D eigenvalue weighted by atomic mass is 10.1. The van der Waals surface area contributed by atoms with E-state index in [-0.39, 0.29) is 15.9 Å². The maximum absolute atomic E-state index is 12.6. The van der Waals surface area contributed by atoms with Crippen molar-refractivity contribution in [3.63, 3.8) is 0 Å². The molecule has 2 amide bonds. The van der Waals surface area contributed by atoms with Gasteiger partial charge in [0, 0.05) is 0 Å². The maximum Gasteiger partial charge on any atom is 0.262 e. The number of nitrogens with zero attached hydrogens (tertiary/aromatic N) is 3. The van der Waals surface area contributed by atoms with Crippen molar-refractivity contribution in [3.8, 4) is 0 Å². The number of fused-ring (bicyclic) bond motifs is 1. The van der Waals surface area contributed by atoms with Crippen LogP contribution in [-0.2, 0) is 0 Å². The van der Waals surface area contributed by atoms with Gasteiger partial charge < -0.3 is 11.5 Å². The summed E-state index contributed by atoms with van der Waals surface area (Å²) in [6.07, 6.45) is 1.26. The summed E-state index contributed by atoms with van der Waals surface area (Å²) in [5.74, 6) is -0.848. The van der Waals surface area contributed by atoms with Crippen LogP contribution in [0.25, 0.3) is 0 Å². The Kier molecular flexibility index (Phi) is 5.72. The quantitative estimate of drug-likeness (QED) is 0.237.